The molecule has 0 bridgehead atoms. The second-order valence-corrected chi connectivity index (χ2v) is 2.92. The van der Waals surface area contributed by atoms with Crippen LogP contribution in [0.5, 0.6) is 0 Å². The van der Waals surface area contributed by atoms with Crippen LogP contribution >= 0.6 is 0 Å². The third-order valence-corrected chi connectivity index (χ3v) is 1.99. The van der Waals surface area contributed by atoms with E-state index >= 15 is 0 Å². The summed E-state index contributed by atoms with van der Waals surface area (Å²) < 4.78 is 5.45. The third kappa shape index (κ3) is 2.14. The second kappa shape index (κ2) is 3.77. The van der Waals surface area contributed by atoms with Gasteiger partial charge in [-0.05, 0) is 26.2 Å². The van der Waals surface area contributed by atoms with E-state index in [0.717, 1.165) is 13.0 Å². The lowest BCUT2D eigenvalue weighted by molar-refractivity contribution is 0.145. The van der Waals surface area contributed by atoms with Gasteiger partial charge in [-0.2, -0.15) is 0 Å². The van der Waals surface area contributed by atoms with Gasteiger partial charge in [0.15, 0.2) is 0 Å². The molecule has 1 heteroatoms. The summed E-state index contributed by atoms with van der Waals surface area (Å²) in [6, 6.07) is 0. The predicted octanol–water partition coefficient (Wildman–Crippen LogP) is 2.52. The molecule has 1 aliphatic rings. The highest BCUT2D eigenvalue weighted by Crippen LogP contribution is 2.15. The van der Waals surface area contributed by atoms with Gasteiger partial charge in [-0.15, -0.1) is 0 Å². The van der Waals surface area contributed by atoms with Gasteiger partial charge in [0, 0.05) is 6.61 Å². The van der Waals surface area contributed by atoms with Crippen LogP contribution < -0.4 is 0 Å². The standard InChI is InChI=1S/C9H16O/c1-3-8(2)7-9-5-4-6-10-9/h7,9H,3-6H2,1-2H3. The zero-order chi connectivity index (χ0) is 7.40. The van der Waals surface area contributed by atoms with E-state index in [2.05, 4.69) is 19.9 Å². The van der Waals surface area contributed by atoms with Crippen molar-refractivity contribution < 1.29 is 4.74 Å². The molecule has 0 aromatic rings. The summed E-state index contributed by atoms with van der Waals surface area (Å²) in [6.07, 6.45) is 6.29. The van der Waals surface area contributed by atoms with Gasteiger partial charge in [0.1, 0.15) is 0 Å². The molecule has 1 aliphatic heterocycles. The minimum absolute atomic E-state index is 0.431. The van der Waals surface area contributed by atoms with E-state index in [1.807, 2.05) is 0 Å². The van der Waals surface area contributed by atoms with Crippen LogP contribution in [0.15, 0.2) is 11.6 Å². The molecule has 0 aromatic carbocycles. The minimum atomic E-state index is 0.431. The van der Waals surface area contributed by atoms with Gasteiger partial charge in [-0.3, -0.25) is 0 Å². The molecule has 0 aromatic heterocycles. The van der Waals surface area contributed by atoms with Crippen LogP contribution in [0.4, 0.5) is 0 Å². The van der Waals surface area contributed by atoms with Crippen molar-refractivity contribution in [3.05, 3.63) is 11.6 Å². The second-order valence-electron chi connectivity index (χ2n) is 2.92. The summed E-state index contributed by atoms with van der Waals surface area (Å²) in [6.45, 7) is 5.31. The van der Waals surface area contributed by atoms with Gasteiger partial charge in [0.2, 0.25) is 0 Å². The molecule has 0 N–H and O–H groups in total. The van der Waals surface area contributed by atoms with Crippen LogP contribution in [0.25, 0.3) is 0 Å². The quantitative estimate of drug-likeness (QED) is 0.535. The Hall–Kier alpha value is -0.300. The molecule has 0 aliphatic carbocycles. The molecular formula is C9H16O. The SMILES string of the molecule is CCC(C)=CC1CCCO1. The average molecular weight is 140 g/mol. The fourth-order valence-electron chi connectivity index (χ4n) is 1.17. The van der Waals surface area contributed by atoms with Crippen LogP contribution in [0.3, 0.4) is 0 Å². The Balaban J connectivity index is 2.34. The highest BCUT2D eigenvalue weighted by molar-refractivity contribution is 5.02. The number of rotatable bonds is 2. The molecule has 10 heavy (non-hydrogen) atoms. The van der Waals surface area contributed by atoms with Gasteiger partial charge in [-0.1, -0.05) is 18.6 Å². The maximum absolute atomic E-state index is 5.45. The molecule has 0 saturated carbocycles. The molecule has 1 fully saturated rings. The van der Waals surface area contributed by atoms with Gasteiger partial charge >= 0.3 is 0 Å². The van der Waals surface area contributed by atoms with Crippen LogP contribution in [-0.2, 0) is 4.74 Å². The number of ether oxygens (including phenoxy) is 1. The first-order valence-corrected chi connectivity index (χ1v) is 4.12. The van der Waals surface area contributed by atoms with Gasteiger partial charge in [0.05, 0.1) is 6.10 Å². The summed E-state index contributed by atoms with van der Waals surface area (Å²) in [7, 11) is 0. The van der Waals surface area contributed by atoms with Crippen LogP contribution in [0.1, 0.15) is 33.1 Å². The lowest BCUT2D eigenvalue weighted by Crippen LogP contribution is -2.00. The fourth-order valence-corrected chi connectivity index (χ4v) is 1.17. The highest BCUT2D eigenvalue weighted by Gasteiger charge is 2.11. The van der Waals surface area contributed by atoms with Crippen molar-refractivity contribution in [2.45, 2.75) is 39.2 Å². The van der Waals surface area contributed by atoms with Crippen LogP contribution in [0, 0.1) is 0 Å². The Kier molecular flexibility index (Phi) is 2.94. The molecule has 1 nitrogen and oxygen atoms in total. The van der Waals surface area contributed by atoms with Crippen molar-refractivity contribution in [2.75, 3.05) is 6.61 Å². The topological polar surface area (TPSA) is 9.23 Å². The molecular weight excluding hydrogens is 124 g/mol. The average Bonchev–Trinajstić information content (AvgIpc) is 2.40. The van der Waals surface area contributed by atoms with Gasteiger partial charge < -0.3 is 4.74 Å². The predicted molar refractivity (Wildman–Crippen MR) is 43.0 cm³/mol. The van der Waals surface area contributed by atoms with Crippen molar-refractivity contribution in [3.63, 3.8) is 0 Å². The normalized spacial score (nSPS) is 27.4. The van der Waals surface area contributed by atoms with E-state index in [4.69, 9.17) is 4.74 Å². The van der Waals surface area contributed by atoms with Crippen molar-refractivity contribution in [2.24, 2.45) is 0 Å². The monoisotopic (exact) mass is 140 g/mol. The number of allylic oxidation sites excluding steroid dienone is 1. The molecule has 1 unspecified atom stereocenters. The van der Waals surface area contributed by atoms with E-state index in [1.54, 1.807) is 0 Å². The summed E-state index contributed by atoms with van der Waals surface area (Å²) in [5, 5.41) is 0. The smallest absolute Gasteiger partial charge is 0.0759 e. The first-order valence-electron chi connectivity index (χ1n) is 4.12. The zero-order valence-electron chi connectivity index (χ0n) is 6.89. The largest absolute Gasteiger partial charge is 0.374 e. The molecule has 1 atom stereocenters. The van der Waals surface area contributed by atoms with Crippen molar-refractivity contribution in [3.8, 4) is 0 Å². The minimum Gasteiger partial charge on any atom is -0.374 e. The lowest BCUT2D eigenvalue weighted by atomic mass is 10.1. The highest BCUT2D eigenvalue weighted by atomic mass is 16.5. The first-order chi connectivity index (χ1) is 4.83. The van der Waals surface area contributed by atoms with Crippen LogP contribution in [-0.4, -0.2) is 12.7 Å². The molecule has 0 spiro atoms. The Labute approximate surface area is 63.1 Å². The number of hydrogen-bond acceptors (Lipinski definition) is 1. The Morgan fingerprint density at radius 3 is 3.00 bits per heavy atom. The van der Waals surface area contributed by atoms with Crippen LogP contribution in [0.2, 0.25) is 0 Å². The van der Waals surface area contributed by atoms with E-state index in [0.29, 0.717) is 6.10 Å². The maximum Gasteiger partial charge on any atom is 0.0759 e. The summed E-state index contributed by atoms with van der Waals surface area (Å²) in [4.78, 5) is 0. The summed E-state index contributed by atoms with van der Waals surface area (Å²) >= 11 is 0. The molecule has 0 radical (unpaired) electrons. The number of hydrogen-bond donors (Lipinski definition) is 0. The fraction of sp³-hybridized carbons (Fsp3) is 0.778. The van der Waals surface area contributed by atoms with E-state index < -0.39 is 0 Å². The molecule has 58 valence electrons. The Morgan fingerprint density at radius 2 is 2.50 bits per heavy atom. The molecule has 1 heterocycles. The third-order valence-electron chi connectivity index (χ3n) is 1.99. The van der Waals surface area contributed by atoms with Crippen molar-refractivity contribution >= 4 is 0 Å². The molecule has 0 amide bonds. The first kappa shape index (κ1) is 7.80. The van der Waals surface area contributed by atoms with Gasteiger partial charge in [-0.25, -0.2) is 0 Å². The van der Waals surface area contributed by atoms with Crippen molar-refractivity contribution in [1.29, 1.82) is 0 Å². The van der Waals surface area contributed by atoms with Gasteiger partial charge in [0.25, 0.3) is 0 Å². The van der Waals surface area contributed by atoms with Crippen molar-refractivity contribution in [1.82, 2.24) is 0 Å². The summed E-state index contributed by atoms with van der Waals surface area (Å²) in [5.74, 6) is 0. The zero-order valence-corrected chi connectivity index (χ0v) is 6.89. The maximum atomic E-state index is 5.45. The Morgan fingerprint density at radius 1 is 1.70 bits per heavy atom. The Bertz CT molecular complexity index is 121. The van der Waals surface area contributed by atoms with E-state index in [9.17, 15) is 0 Å². The molecule has 1 saturated heterocycles. The molecule has 1 rings (SSSR count). The van der Waals surface area contributed by atoms with E-state index in [1.165, 1.54) is 18.4 Å². The lowest BCUT2D eigenvalue weighted by Gasteiger charge is -2.03. The van der Waals surface area contributed by atoms with E-state index in [-0.39, 0.29) is 0 Å². The summed E-state index contributed by atoms with van der Waals surface area (Å²) in [5.41, 5.74) is 1.45.